The molecule has 0 aromatic rings. The van der Waals surface area contributed by atoms with E-state index in [2.05, 4.69) is 19.7 Å². The molecule has 0 rings (SSSR count). The zero-order chi connectivity index (χ0) is 28.7. The van der Waals surface area contributed by atoms with Crippen LogP contribution < -0.4 is 0 Å². The van der Waals surface area contributed by atoms with Crippen molar-refractivity contribution in [3.05, 3.63) is 38.0 Å². The molecule has 0 aliphatic rings. The zero-order valence-corrected chi connectivity index (χ0v) is 22.6. The molecule has 0 aliphatic heterocycles. The molecule has 38 heavy (non-hydrogen) atoms. The first kappa shape index (κ1) is 35.1. The molecule has 0 aromatic carbocycles. The lowest BCUT2D eigenvalue weighted by atomic mass is 9.92. The third-order valence-electron chi connectivity index (χ3n) is 4.76. The van der Waals surface area contributed by atoms with Gasteiger partial charge in [0, 0.05) is 50.7 Å². The molecule has 0 aliphatic carbocycles. The second-order valence-electron chi connectivity index (χ2n) is 8.53. The Balaban J connectivity index is 5.14. The molecule has 0 spiro atoms. The van der Waals surface area contributed by atoms with Crippen molar-refractivity contribution in [1.29, 1.82) is 0 Å². The van der Waals surface area contributed by atoms with Gasteiger partial charge < -0.3 is 33.2 Å². The minimum absolute atomic E-state index is 0.000326. The first-order valence-electron chi connectivity index (χ1n) is 12.4. The lowest BCUT2D eigenvalue weighted by molar-refractivity contribution is -0.149. The summed E-state index contributed by atoms with van der Waals surface area (Å²) in [6.07, 6.45) is 3.92. The zero-order valence-electron chi connectivity index (χ0n) is 22.6. The summed E-state index contributed by atoms with van der Waals surface area (Å²) < 4.78 is 38.4. The van der Waals surface area contributed by atoms with Crippen molar-refractivity contribution in [3.63, 3.8) is 0 Å². The SMILES string of the molecule is C=CC(=O)OCCCOCC(COCCCOC(=O)C=C)(COCCC(C)=O)COCC(C)OC(=O)C=C. The molecule has 0 fully saturated rings. The molecule has 0 bridgehead atoms. The van der Waals surface area contributed by atoms with Gasteiger partial charge in [0.2, 0.25) is 0 Å². The Kier molecular flexibility index (Phi) is 20.5. The quantitative estimate of drug-likeness (QED) is 0.0729. The minimum atomic E-state index is -0.769. The maximum absolute atomic E-state index is 11.4. The number of esters is 3. The van der Waals surface area contributed by atoms with E-state index < -0.39 is 29.4 Å². The van der Waals surface area contributed by atoms with E-state index in [1.54, 1.807) is 6.92 Å². The number of ether oxygens (including phenoxy) is 7. The van der Waals surface area contributed by atoms with Crippen LogP contribution in [-0.2, 0) is 52.3 Å². The number of rotatable bonds is 25. The highest BCUT2D eigenvalue weighted by Gasteiger charge is 2.33. The van der Waals surface area contributed by atoms with E-state index >= 15 is 0 Å². The molecule has 11 nitrogen and oxygen atoms in total. The molecule has 216 valence electrons. The van der Waals surface area contributed by atoms with Gasteiger partial charge in [0.25, 0.3) is 0 Å². The van der Waals surface area contributed by atoms with Crippen LogP contribution in [0.5, 0.6) is 0 Å². The summed E-state index contributed by atoms with van der Waals surface area (Å²) in [6.45, 7) is 15.2. The van der Waals surface area contributed by atoms with Crippen LogP contribution in [0.15, 0.2) is 38.0 Å². The van der Waals surface area contributed by atoms with Crippen molar-refractivity contribution in [2.45, 2.75) is 39.2 Å². The Labute approximate surface area is 225 Å². The van der Waals surface area contributed by atoms with Gasteiger partial charge in [0.05, 0.1) is 58.3 Å². The predicted molar refractivity (Wildman–Crippen MR) is 138 cm³/mol. The Hall–Kier alpha value is -2.86. The molecule has 0 saturated carbocycles. The van der Waals surface area contributed by atoms with Gasteiger partial charge in [-0.05, 0) is 13.8 Å². The Morgan fingerprint density at radius 3 is 1.58 bits per heavy atom. The van der Waals surface area contributed by atoms with Crippen molar-refractivity contribution in [2.24, 2.45) is 5.41 Å². The minimum Gasteiger partial charge on any atom is -0.462 e. The molecule has 0 N–H and O–H groups in total. The highest BCUT2D eigenvalue weighted by atomic mass is 16.6. The van der Waals surface area contributed by atoms with Gasteiger partial charge in [-0.15, -0.1) is 0 Å². The summed E-state index contributed by atoms with van der Waals surface area (Å²) in [5.74, 6) is -1.57. The van der Waals surface area contributed by atoms with Crippen molar-refractivity contribution < 1.29 is 52.3 Å². The van der Waals surface area contributed by atoms with Crippen molar-refractivity contribution in [2.75, 3.05) is 66.1 Å². The fourth-order valence-electron chi connectivity index (χ4n) is 2.84. The molecule has 0 amide bonds. The standard InChI is InChI=1S/C27H42O11/c1-6-24(29)36-14-9-12-32-18-27(20-34-16-11-22(4)28,19-33-13-10-15-37-25(30)7-2)21-35-17-23(5)38-26(31)8-3/h6-8,23H,1-3,9-21H2,4-5H3. The number of Topliss-reactive ketones (excluding diaryl/α,β-unsaturated/α-hetero) is 1. The van der Waals surface area contributed by atoms with E-state index in [4.69, 9.17) is 33.2 Å². The monoisotopic (exact) mass is 542 g/mol. The average Bonchev–Trinajstić information content (AvgIpc) is 2.89. The topological polar surface area (TPSA) is 133 Å². The number of hydrogen-bond donors (Lipinski definition) is 0. The summed E-state index contributed by atoms with van der Waals surface area (Å²) in [6, 6.07) is 0. The van der Waals surface area contributed by atoms with Crippen LogP contribution in [0.25, 0.3) is 0 Å². The highest BCUT2D eigenvalue weighted by molar-refractivity contribution is 5.81. The van der Waals surface area contributed by atoms with E-state index in [0.29, 0.717) is 26.1 Å². The van der Waals surface area contributed by atoms with E-state index in [1.165, 1.54) is 6.92 Å². The normalized spacial score (nSPS) is 11.7. The lowest BCUT2D eigenvalue weighted by Crippen LogP contribution is -2.43. The lowest BCUT2D eigenvalue weighted by Gasteiger charge is -2.33. The summed E-state index contributed by atoms with van der Waals surface area (Å²) in [7, 11) is 0. The Morgan fingerprint density at radius 1 is 0.684 bits per heavy atom. The van der Waals surface area contributed by atoms with Crippen molar-refractivity contribution in [1.82, 2.24) is 0 Å². The van der Waals surface area contributed by atoms with Gasteiger partial charge >= 0.3 is 17.9 Å². The smallest absolute Gasteiger partial charge is 0.330 e. The average molecular weight is 543 g/mol. The van der Waals surface area contributed by atoms with Gasteiger partial charge in [0.15, 0.2) is 0 Å². The summed E-state index contributed by atoms with van der Waals surface area (Å²) >= 11 is 0. The molecule has 0 aromatic heterocycles. The van der Waals surface area contributed by atoms with E-state index in [-0.39, 0.29) is 65.1 Å². The maximum atomic E-state index is 11.4. The Morgan fingerprint density at radius 2 is 1.13 bits per heavy atom. The fraction of sp³-hybridized carbons (Fsp3) is 0.630. The molecule has 11 heteroatoms. The van der Waals surface area contributed by atoms with Crippen LogP contribution in [0.3, 0.4) is 0 Å². The van der Waals surface area contributed by atoms with Crippen LogP contribution in [0.4, 0.5) is 0 Å². The van der Waals surface area contributed by atoms with Crippen LogP contribution in [0.1, 0.15) is 33.1 Å². The van der Waals surface area contributed by atoms with E-state index in [1.807, 2.05) is 0 Å². The molecular weight excluding hydrogens is 500 g/mol. The number of carbonyl (C=O) groups excluding carboxylic acids is 4. The molecule has 1 atom stereocenters. The number of ketones is 1. The number of hydrogen-bond acceptors (Lipinski definition) is 11. The van der Waals surface area contributed by atoms with Gasteiger partial charge in [0.1, 0.15) is 11.9 Å². The largest absolute Gasteiger partial charge is 0.462 e. The van der Waals surface area contributed by atoms with Gasteiger partial charge in [-0.1, -0.05) is 19.7 Å². The molecule has 0 saturated heterocycles. The van der Waals surface area contributed by atoms with Gasteiger partial charge in [-0.2, -0.15) is 0 Å². The van der Waals surface area contributed by atoms with Gasteiger partial charge in [-0.3, -0.25) is 4.79 Å². The molecule has 1 unspecified atom stereocenters. The molecule has 0 heterocycles. The first-order chi connectivity index (χ1) is 18.2. The summed E-state index contributed by atoms with van der Waals surface area (Å²) in [5, 5.41) is 0. The second-order valence-corrected chi connectivity index (χ2v) is 8.53. The highest BCUT2D eigenvalue weighted by Crippen LogP contribution is 2.22. The maximum Gasteiger partial charge on any atom is 0.330 e. The fourth-order valence-corrected chi connectivity index (χ4v) is 2.84. The number of carbonyl (C=O) groups is 4. The predicted octanol–water partition coefficient (Wildman–Crippen LogP) is 2.37. The van der Waals surface area contributed by atoms with Crippen LogP contribution >= 0.6 is 0 Å². The summed E-state index contributed by atoms with van der Waals surface area (Å²) in [5.41, 5.74) is -0.769. The van der Waals surface area contributed by atoms with Crippen molar-refractivity contribution >= 4 is 23.7 Å². The van der Waals surface area contributed by atoms with Gasteiger partial charge in [-0.25, -0.2) is 14.4 Å². The second kappa shape index (κ2) is 22.2. The van der Waals surface area contributed by atoms with E-state index in [0.717, 1.165) is 18.2 Å². The van der Waals surface area contributed by atoms with Crippen LogP contribution in [0, 0.1) is 5.41 Å². The van der Waals surface area contributed by atoms with Crippen molar-refractivity contribution in [3.8, 4) is 0 Å². The summed E-state index contributed by atoms with van der Waals surface area (Å²) in [4.78, 5) is 45.1. The third kappa shape index (κ3) is 19.3. The Bertz CT molecular complexity index is 715. The first-order valence-corrected chi connectivity index (χ1v) is 12.4. The van der Waals surface area contributed by atoms with Crippen LogP contribution in [0.2, 0.25) is 0 Å². The molecular formula is C27H42O11. The third-order valence-corrected chi connectivity index (χ3v) is 4.76. The molecule has 0 radical (unpaired) electrons. The van der Waals surface area contributed by atoms with E-state index in [9.17, 15) is 19.2 Å². The van der Waals surface area contributed by atoms with Crippen LogP contribution in [-0.4, -0.2) is 95.9 Å².